The first-order chi connectivity index (χ1) is 7.91. The van der Waals surface area contributed by atoms with Gasteiger partial charge in [0.05, 0.1) is 0 Å². The Labute approximate surface area is 102 Å². The molecule has 0 spiro atoms. The van der Waals surface area contributed by atoms with Crippen LogP contribution in [-0.2, 0) is 13.6 Å². The van der Waals surface area contributed by atoms with Gasteiger partial charge in [0.1, 0.15) is 0 Å². The van der Waals surface area contributed by atoms with Crippen molar-refractivity contribution in [3.63, 3.8) is 0 Å². The van der Waals surface area contributed by atoms with Crippen LogP contribution < -0.4 is 11.2 Å². The molecule has 2 heterocycles. The SMILES string of the molecule is CC(C)Cn1c(Cl)nc2c1c(=O)[nH]c(=O)n2C. The second kappa shape index (κ2) is 4.03. The maximum Gasteiger partial charge on any atom is 0.329 e. The lowest BCUT2D eigenvalue weighted by atomic mass is 10.2. The van der Waals surface area contributed by atoms with Gasteiger partial charge >= 0.3 is 5.69 Å². The van der Waals surface area contributed by atoms with E-state index in [4.69, 9.17) is 11.6 Å². The molecule has 6 nitrogen and oxygen atoms in total. The van der Waals surface area contributed by atoms with E-state index < -0.39 is 11.2 Å². The van der Waals surface area contributed by atoms with Gasteiger partial charge in [-0.1, -0.05) is 13.8 Å². The zero-order valence-corrected chi connectivity index (χ0v) is 10.6. The molecule has 0 aliphatic carbocycles. The summed E-state index contributed by atoms with van der Waals surface area (Å²) in [6, 6.07) is 0. The van der Waals surface area contributed by atoms with Crippen molar-refractivity contribution in [3.05, 3.63) is 26.1 Å². The lowest BCUT2D eigenvalue weighted by Gasteiger charge is -2.07. The third-order valence-corrected chi connectivity index (χ3v) is 2.80. The maximum atomic E-state index is 11.8. The highest BCUT2D eigenvalue weighted by Gasteiger charge is 2.16. The molecule has 0 amide bonds. The van der Waals surface area contributed by atoms with Gasteiger partial charge < -0.3 is 4.57 Å². The van der Waals surface area contributed by atoms with Crippen LogP contribution in [0.25, 0.3) is 11.2 Å². The molecular formula is C10H13ClN4O2. The van der Waals surface area contributed by atoms with E-state index in [9.17, 15) is 9.59 Å². The molecule has 0 unspecified atom stereocenters. The highest BCUT2D eigenvalue weighted by atomic mass is 35.5. The second-order valence-electron chi connectivity index (χ2n) is 4.38. The van der Waals surface area contributed by atoms with Crippen LogP contribution in [0.5, 0.6) is 0 Å². The number of rotatable bonds is 2. The molecule has 0 aromatic carbocycles. The van der Waals surface area contributed by atoms with E-state index in [0.29, 0.717) is 23.6 Å². The fraction of sp³-hybridized carbons (Fsp3) is 0.500. The zero-order chi connectivity index (χ0) is 12.7. The molecule has 0 saturated carbocycles. The summed E-state index contributed by atoms with van der Waals surface area (Å²) in [6.07, 6.45) is 0. The quantitative estimate of drug-likeness (QED) is 0.806. The number of aromatic amines is 1. The topological polar surface area (TPSA) is 72.7 Å². The average Bonchev–Trinajstić information content (AvgIpc) is 2.53. The Balaban J connectivity index is 2.87. The first-order valence-electron chi connectivity index (χ1n) is 5.27. The van der Waals surface area contributed by atoms with Gasteiger partial charge in [-0.15, -0.1) is 0 Å². The normalized spacial score (nSPS) is 11.6. The predicted molar refractivity (Wildman–Crippen MR) is 65.4 cm³/mol. The molecule has 7 heteroatoms. The average molecular weight is 257 g/mol. The third kappa shape index (κ3) is 1.88. The molecule has 2 aromatic rings. The Morgan fingerprint density at radius 3 is 2.65 bits per heavy atom. The van der Waals surface area contributed by atoms with E-state index in [1.807, 2.05) is 13.8 Å². The van der Waals surface area contributed by atoms with Crippen molar-refractivity contribution >= 4 is 22.8 Å². The van der Waals surface area contributed by atoms with Crippen LogP contribution in [0.2, 0.25) is 5.28 Å². The molecule has 0 fully saturated rings. The van der Waals surface area contributed by atoms with Crippen molar-refractivity contribution in [1.82, 2.24) is 19.1 Å². The molecular weight excluding hydrogens is 244 g/mol. The summed E-state index contributed by atoms with van der Waals surface area (Å²) in [6.45, 7) is 4.60. The number of H-pyrrole nitrogens is 1. The van der Waals surface area contributed by atoms with Crippen molar-refractivity contribution in [2.45, 2.75) is 20.4 Å². The van der Waals surface area contributed by atoms with Crippen LogP contribution in [0, 0.1) is 5.92 Å². The van der Waals surface area contributed by atoms with Crippen molar-refractivity contribution < 1.29 is 0 Å². The fourth-order valence-electron chi connectivity index (χ4n) is 1.74. The molecule has 0 atom stereocenters. The Bertz CT molecular complexity index is 680. The molecule has 92 valence electrons. The van der Waals surface area contributed by atoms with Gasteiger partial charge in [-0.25, -0.2) is 4.79 Å². The largest absolute Gasteiger partial charge is 0.329 e. The number of fused-ring (bicyclic) bond motifs is 1. The summed E-state index contributed by atoms with van der Waals surface area (Å²) in [5.74, 6) is 0.321. The Morgan fingerprint density at radius 1 is 1.41 bits per heavy atom. The van der Waals surface area contributed by atoms with Gasteiger partial charge in [0.15, 0.2) is 11.2 Å². The molecule has 2 aromatic heterocycles. The number of nitrogens with one attached hydrogen (secondary N) is 1. The monoisotopic (exact) mass is 256 g/mol. The van der Waals surface area contributed by atoms with E-state index in [2.05, 4.69) is 9.97 Å². The number of nitrogens with zero attached hydrogens (tertiary/aromatic N) is 3. The minimum atomic E-state index is -0.492. The number of aromatic nitrogens is 4. The second-order valence-corrected chi connectivity index (χ2v) is 4.71. The summed E-state index contributed by atoms with van der Waals surface area (Å²) in [7, 11) is 1.55. The Morgan fingerprint density at radius 2 is 2.06 bits per heavy atom. The van der Waals surface area contributed by atoms with Crippen LogP contribution in [0.4, 0.5) is 0 Å². The lowest BCUT2D eigenvalue weighted by molar-refractivity contribution is 0.532. The van der Waals surface area contributed by atoms with Gasteiger partial charge in [0, 0.05) is 13.6 Å². The van der Waals surface area contributed by atoms with Gasteiger partial charge in [-0.3, -0.25) is 14.3 Å². The zero-order valence-electron chi connectivity index (χ0n) is 9.82. The number of imidazole rings is 1. The van der Waals surface area contributed by atoms with E-state index in [-0.39, 0.29) is 5.28 Å². The predicted octanol–water partition coefficient (Wildman–Crippen LogP) is 0.733. The summed E-state index contributed by atoms with van der Waals surface area (Å²) in [5.41, 5.74) is -0.299. The van der Waals surface area contributed by atoms with E-state index in [1.54, 1.807) is 11.6 Å². The molecule has 1 N–H and O–H groups in total. The minimum Gasteiger partial charge on any atom is -0.309 e. The Hall–Kier alpha value is -1.56. The number of halogens is 1. The van der Waals surface area contributed by atoms with Crippen molar-refractivity contribution in [1.29, 1.82) is 0 Å². The number of hydrogen-bond donors (Lipinski definition) is 1. The molecule has 0 saturated heterocycles. The molecule has 0 radical (unpaired) electrons. The molecule has 0 aliphatic rings. The van der Waals surface area contributed by atoms with Crippen LogP contribution >= 0.6 is 11.6 Å². The highest BCUT2D eigenvalue weighted by molar-refractivity contribution is 6.29. The minimum absolute atomic E-state index is 0.223. The van der Waals surface area contributed by atoms with Gasteiger partial charge in [-0.2, -0.15) is 4.98 Å². The Kier molecular flexibility index (Phi) is 2.82. The molecule has 0 aliphatic heterocycles. The van der Waals surface area contributed by atoms with Gasteiger partial charge in [-0.05, 0) is 17.5 Å². The standard InChI is InChI=1S/C10H13ClN4O2/c1-5(2)4-15-6-7(12-9(15)11)14(3)10(17)13-8(6)16/h5H,4H2,1-3H3,(H,13,16,17). The first-order valence-corrected chi connectivity index (χ1v) is 5.64. The van der Waals surface area contributed by atoms with Crippen molar-refractivity contribution in [2.24, 2.45) is 13.0 Å². The van der Waals surface area contributed by atoms with Crippen LogP contribution in [-0.4, -0.2) is 19.1 Å². The highest BCUT2D eigenvalue weighted by Crippen LogP contribution is 2.16. The third-order valence-electron chi connectivity index (χ3n) is 2.51. The number of hydrogen-bond acceptors (Lipinski definition) is 3. The van der Waals surface area contributed by atoms with Gasteiger partial charge in [0.2, 0.25) is 5.28 Å². The first kappa shape index (κ1) is 11.9. The van der Waals surface area contributed by atoms with Crippen LogP contribution in [0.15, 0.2) is 9.59 Å². The van der Waals surface area contributed by atoms with Crippen molar-refractivity contribution in [2.75, 3.05) is 0 Å². The van der Waals surface area contributed by atoms with Crippen LogP contribution in [0.3, 0.4) is 0 Å². The molecule has 0 bridgehead atoms. The smallest absolute Gasteiger partial charge is 0.309 e. The van der Waals surface area contributed by atoms with Crippen molar-refractivity contribution in [3.8, 4) is 0 Å². The van der Waals surface area contributed by atoms with E-state index in [1.165, 1.54) is 4.57 Å². The summed E-state index contributed by atoms with van der Waals surface area (Å²) in [4.78, 5) is 29.5. The fourth-order valence-corrected chi connectivity index (χ4v) is 1.97. The van der Waals surface area contributed by atoms with E-state index in [0.717, 1.165) is 0 Å². The molecule has 17 heavy (non-hydrogen) atoms. The van der Waals surface area contributed by atoms with E-state index >= 15 is 0 Å². The summed E-state index contributed by atoms with van der Waals surface area (Å²) in [5, 5.41) is 0.223. The van der Waals surface area contributed by atoms with Gasteiger partial charge in [0.25, 0.3) is 5.56 Å². The summed E-state index contributed by atoms with van der Waals surface area (Å²) < 4.78 is 2.90. The van der Waals surface area contributed by atoms with Crippen LogP contribution in [0.1, 0.15) is 13.8 Å². The lowest BCUT2D eigenvalue weighted by Crippen LogP contribution is -2.29. The molecule has 2 rings (SSSR count). The maximum absolute atomic E-state index is 11.8. The number of aryl methyl sites for hydroxylation is 1. The summed E-state index contributed by atoms with van der Waals surface area (Å²) >= 11 is 5.99.